The quantitative estimate of drug-likeness (QED) is 0.671. The lowest BCUT2D eigenvalue weighted by Crippen LogP contribution is -2.39. The Kier molecular flexibility index (Phi) is 5.92. The van der Waals surface area contributed by atoms with E-state index in [9.17, 15) is 18.0 Å². The van der Waals surface area contributed by atoms with Crippen LogP contribution in [0.5, 0.6) is 0 Å². The van der Waals surface area contributed by atoms with Crippen LogP contribution in [-0.4, -0.2) is 12.1 Å². The number of carbonyl (C=O) groups is 1. The first kappa shape index (κ1) is 19.2. The van der Waals surface area contributed by atoms with Gasteiger partial charge >= 0.3 is 6.18 Å². The summed E-state index contributed by atoms with van der Waals surface area (Å²) in [5, 5.41) is 7.38. The molecule has 1 aromatic carbocycles. The number of hydrogen-bond acceptors (Lipinski definition) is 2. The molecule has 0 aliphatic heterocycles. The summed E-state index contributed by atoms with van der Waals surface area (Å²) in [6.45, 7) is 0. The fourth-order valence-corrected chi connectivity index (χ4v) is 4.25. The second kappa shape index (κ2) is 8.01. The second-order valence-electron chi connectivity index (χ2n) is 6.65. The topological polar surface area (TPSA) is 29.1 Å². The van der Waals surface area contributed by atoms with Gasteiger partial charge in [0.15, 0.2) is 0 Å². The van der Waals surface area contributed by atoms with Crippen LogP contribution in [-0.2, 0) is 4.79 Å². The number of carbonyl (C=O) groups excluding carboxylic acids is 1. The van der Waals surface area contributed by atoms with Gasteiger partial charge in [-0.2, -0.15) is 24.5 Å². The summed E-state index contributed by atoms with van der Waals surface area (Å²) in [5.41, 5.74) is 1.76. The largest absolute Gasteiger partial charge is 0.391 e. The summed E-state index contributed by atoms with van der Waals surface area (Å²) in [6.07, 6.45) is -3.34. The maximum atomic E-state index is 13.0. The second-order valence-corrected chi connectivity index (χ2v) is 7.87. The summed E-state index contributed by atoms with van der Waals surface area (Å²) in [6, 6.07) is 8.64. The lowest BCUT2D eigenvalue weighted by Gasteiger charge is -2.31. The third-order valence-electron chi connectivity index (χ3n) is 4.87. The Morgan fingerprint density at radius 1 is 1.15 bits per heavy atom. The highest BCUT2D eigenvalue weighted by Gasteiger charge is 2.43. The van der Waals surface area contributed by atoms with E-state index in [0.29, 0.717) is 17.9 Å². The lowest BCUT2D eigenvalue weighted by atomic mass is 9.80. The van der Waals surface area contributed by atoms with Gasteiger partial charge in [-0.25, -0.2) is 0 Å². The number of benzene rings is 1. The zero-order valence-corrected chi connectivity index (χ0v) is 15.5. The zero-order chi connectivity index (χ0) is 18.7. The van der Waals surface area contributed by atoms with E-state index < -0.39 is 24.1 Å². The van der Waals surface area contributed by atoms with Gasteiger partial charge in [-0.3, -0.25) is 4.79 Å². The van der Waals surface area contributed by atoms with Gasteiger partial charge in [-0.15, -0.1) is 0 Å². The van der Waals surface area contributed by atoms with Crippen LogP contribution in [0.25, 0.3) is 0 Å². The van der Waals surface area contributed by atoms with Crippen molar-refractivity contribution in [2.24, 2.45) is 11.8 Å². The van der Waals surface area contributed by atoms with Crippen molar-refractivity contribution < 1.29 is 18.0 Å². The SMILES string of the molecule is O=C(NC(c1ccc(Cl)cc1)c1ccsc1)C1CCCC(C(F)(F)F)C1. The fraction of sp³-hybridized carbons (Fsp3) is 0.421. The first-order valence-corrected chi connectivity index (χ1v) is 9.81. The molecule has 1 saturated carbocycles. The van der Waals surface area contributed by atoms with E-state index in [2.05, 4.69) is 5.32 Å². The van der Waals surface area contributed by atoms with Gasteiger partial charge in [0.25, 0.3) is 0 Å². The van der Waals surface area contributed by atoms with Crippen molar-refractivity contribution in [3.8, 4) is 0 Å². The number of hydrogen-bond donors (Lipinski definition) is 1. The van der Waals surface area contributed by atoms with Gasteiger partial charge < -0.3 is 5.32 Å². The Hall–Kier alpha value is -1.53. The molecule has 2 aromatic rings. The average molecular weight is 402 g/mol. The van der Waals surface area contributed by atoms with Gasteiger partial charge in [0.1, 0.15) is 0 Å². The van der Waals surface area contributed by atoms with E-state index in [-0.39, 0.29) is 18.7 Å². The van der Waals surface area contributed by atoms with E-state index in [1.54, 1.807) is 12.1 Å². The minimum absolute atomic E-state index is 0.110. The van der Waals surface area contributed by atoms with Crippen LogP contribution >= 0.6 is 22.9 Å². The number of alkyl halides is 3. The first-order valence-electron chi connectivity index (χ1n) is 8.49. The van der Waals surface area contributed by atoms with Crippen molar-refractivity contribution >= 4 is 28.8 Å². The van der Waals surface area contributed by atoms with E-state index in [1.807, 2.05) is 29.0 Å². The van der Waals surface area contributed by atoms with Crippen molar-refractivity contribution in [2.75, 3.05) is 0 Å². The highest BCUT2D eigenvalue weighted by atomic mass is 35.5. The van der Waals surface area contributed by atoms with Crippen LogP contribution in [0.2, 0.25) is 5.02 Å². The van der Waals surface area contributed by atoms with Gasteiger partial charge in [0, 0.05) is 10.9 Å². The standard InChI is InChI=1S/C19H19ClF3NOS/c20-16-6-4-12(5-7-16)17(14-8-9-26-11-14)24-18(25)13-2-1-3-15(10-13)19(21,22)23/h4-9,11,13,15,17H,1-3,10H2,(H,24,25). The van der Waals surface area contributed by atoms with Crippen LogP contribution in [0.4, 0.5) is 13.2 Å². The molecule has 0 radical (unpaired) electrons. The van der Waals surface area contributed by atoms with Crippen molar-refractivity contribution in [1.29, 1.82) is 0 Å². The lowest BCUT2D eigenvalue weighted by molar-refractivity contribution is -0.186. The van der Waals surface area contributed by atoms with Crippen molar-refractivity contribution in [3.05, 3.63) is 57.2 Å². The molecule has 1 fully saturated rings. The van der Waals surface area contributed by atoms with E-state index >= 15 is 0 Å². The fourth-order valence-electron chi connectivity index (χ4n) is 3.44. The molecular formula is C19H19ClF3NOS. The van der Waals surface area contributed by atoms with Gasteiger partial charge in [0.2, 0.25) is 5.91 Å². The van der Waals surface area contributed by atoms with Crippen molar-refractivity contribution in [2.45, 2.75) is 37.9 Å². The first-order chi connectivity index (χ1) is 12.3. The summed E-state index contributed by atoms with van der Waals surface area (Å²) in [5.74, 6) is -2.31. The molecule has 1 amide bonds. The number of thiophene rings is 1. The molecule has 140 valence electrons. The molecule has 1 aliphatic rings. The summed E-state index contributed by atoms with van der Waals surface area (Å²) < 4.78 is 39.1. The highest BCUT2D eigenvalue weighted by molar-refractivity contribution is 7.08. The highest BCUT2D eigenvalue weighted by Crippen LogP contribution is 2.40. The molecule has 3 unspecified atom stereocenters. The number of amides is 1. The van der Waals surface area contributed by atoms with Gasteiger partial charge in [-0.05, 0) is 59.3 Å². The zero-order valence-electron chi connectivity index (χ0n) is 13.9. The number of nitrogens with one attached hydrogen (secondary N) is 1. The maximum absolute atomic E-state index is 13.0. The molecule has 1 aromatic heterocycles. The molecule has 7 heteroatoms. The van der Waals surface area contributed by atoms with Crippen molar-refractivity contribution in [3.63, 3.8) is 0 Å². The molecular weight excluding hydrogens is 383 g/mol. The smallest absolute Gasteiger partial charge is 0.345 e. The molecule has 1 heterocycles. The van der Waals surface area contributed by atoms with Crippen LogP contribution in [0.1, 0.15) is 42.9 Å². The minimum Gasteiger partial charge on any atom is -0.345 e. The third-order valence-corrected chi connectivity index (χ3v) is 5.83. The van der Waals surface area contributed by atoms with Crippen molar-refractivity contribution in [1.82, 2.24) is 5.32 Å². The maximum Gasteiger partial charge on any atom is 0.391 e. The summed E-state index contributed by atoms with van der Waals surface area (Å²) >= 11 is 7.44. The summed E-state index contributed by atoms with van der Waals surface area (Å²) in [7, 11) is 0. The van der Waals surface area contributed by atoms with Gasteiger partial charge in [0.05, 0.1) is 12.0 Å². The predicted molar refractivity (Wildman–Crippen MR) is 97.3 cm³/mol. The number of rotatable bonds is 4. The Morgan fingerprint density at radius 2 is 1.88 bits per heavy atom. The van der Waals surface area contributed by atoms with Crippen LogP contribution < -0.4 is 5.32 Å². The molecule has 2 nitrogen and oxygen atoms in total. The molecule has 0 spiro atoms. The Labute approximate surface area is 159 Å². The summed E-state index contributed by atoms with van der Waals surface area (Å²) in [4.78, 5) is 12.7. The monoisotopic (exact) mass is 401 g/mol. The molecule has 1 aliphatic carbocycles. The van der Waals surface area contributed by atoms with Crippen LogP contribution in [0.15, 0.2) is 41.1 Å². The Balaban J connectivity index is 1.76. The molecule has 26 heavy (non-hydrogen) atoms. The molecule has 1 N–H and O–H groups in total. The average Bonchev–Trinajstić information content (AvgIpc) is 3.14. The molecule has 0 bridgehead atoms. The van der Waals surface area contributed by atoms with Gasteiger partial charge in [-0.1, -0.05) is 30.2 Å². The Bertz CT molecular complexity index is 730. The predicted octanol–water partition coefficient (Wildman–Crippen LogP) is 5.98. The number of halogens is 4. The normalized spacial score (nSPS) is 22.0. The van der Waals surface area contributed by atoms with E-state index in [0.717, 1.165) is 11.1 Å². The molecule has 3 atom stereocenters. The Morgan fingerprint density at radius 3 is 2.50 bits per heavy atom. The van der Waals surface area contributed by atoms with E-state index in [1.165, 1.54) is 11.3 Å². The minimum atomic E-state index is -4.23. The molecule has 3 rings (SSSR count). The molecule has 0 saturated heterocycles. The van der Waals surface area contributed by atoms with Crippen LogP contribution in [0, 0.1) is 11.8 Å². The van der Waals surface area contributed by atoms with E-state index in [4.69, 9.17) is 11.6 Å². The third kappa shape index (κ3) is 4.60. The van der Waals surface area contributed by atoms with Crippen LogP contribution in [0.3, 0.4) is 0 Å².